The minimum Gasteiger partial charge on any atom is -0.398 e. The fraction of sp³-hybridized carbons (Fsp3) is 0.385. The summed E-state index contributed by atoms with van der Waals surface area (Å²) in [6.45, 7) is 11.9. The lowest BCUT2D eigenvalue weighted by Crippen LogP contribution is -1.86. The molecule has 1 aromatic carbocycles. The molecule has 1 nitrogen and oxygen atoms in total. The Morgan fingerprint density at radius 3 is 2.00 bits per heavy atom. The van der Waals surface area contributed by atoms with Gasteiger partial charge in [0.1, 0.15) is 0 Å². The van der Waals surface area contributed by atoms with E-state index in [1.807, 2.05) is 38.1 Å². The van der Waals surface area contributed by atoms with E-state index in [1.54, 1.807) is 6.08 Å². The van der Waals surface area contributed by atoms with Crippen LogP contribution in [0, 0.1) is 0 Å². The summed E-state index contributed by atoms with van der Waals surface area (Å²) < 4.78 is 0. The molecule has 0 heterocycles. The number of nitrogens with two attached hydrogens (primary N) is 1. The van der Waals surface area contributed by atoms with Gasteiger partial charge in [0.05, 0.1) is 0 Å². The highest BCUT2D eigenvalue weighted by molar-refractivity contribution is 5.62. The van der Waals surface area contributed by atoms with Crippen LogP contribution in [0.4, 0.5) is 5.69 Å². The van der Waals surface area contributed by atoms with Gasteiger partial charge in [-0.05, 0) is 11.6 Å². The predicted molar refractivity (Wildman–Crippen MR) is 70.4 cm³/mol. The van der Waals surface area contributed by atoms with Crippen molar-refractivity contribution in [1.82, 2.24) is 0 Å². The molecule has 1 heteroatoms. The highest BCUT2D eigenvalue weighted by Crippen LogP contribution is 2.10. The third kappa shape index (κ3) is 7.41. The number of rotatable bonds is 1. The monoisotopic (exact) mass is 195 g/mol. The van der Waals surface area contributed by atoms with E-state index >= 15 is 0 Å². The summed E-state index contributed by atoms with van der Waals surface area (Å²) in [5, 5.41) is 0. The smallest absolute Gasteiger partial charge is 0.0387 e. The molecule has 0 aliphatic heterocycles. The van der Waals surface area contributed by atoms with Crippen molar-refractivity contribution in [2.75, 3.05) is 5.73 Å². The Balaban J connectivity index is -0.000000209. The summed E-state index contributed by atoms with van der Waals surface area (Å²) in [4.78, 5) is 0. The first-order valence-electron chi connectivity index (χ1n) is 5.23. The molecule has 0 bridgehead atoms. The van der Waals surface area contributed by atoms with Gasteiger partial charge in [-0.3, -0.25) is 0 Å². The minimum absolute atomic E-state index is 0. The van der Waals surface area contributed by atoms with Gasteiger partial charge in [-0.2, -0.15) is 0 Å². The van der Waals surface area contributed by atoms with Gasteiger partial charge >= 0.3 is 0 Å². The van der Waals surface area contributed by atoms with Crippen LogP contribution in [-0.2, 0) is 0 Å². The van der Waals surface area contributed by atoms with E-state index in [2.05, 4.69) is 20.4 Å². The zero-order valence-electron chi connectivity index (χ0n) is 9.88. The summed E-state index contributed by atoms with van der Waals surface area (Å²) in [7, 11) is 0. The molecular formula is C13H25N. The molecule has 0 aliphatic carbocycles. The van der Waals surface area contributed by atoms with Gasteiger partial charge in [0.2, 0.25) is 0 Å². The van der Waals surface area contributed by atoms with Crippen LogP contribution in [0.25, 0.3) is 6.08 Å². The van der Waals surface area contributed by atoms with Gasteiger partial charge in [-0.25, -0.2) is 0 Å². The molecule has 1 aromatic rings. The Kier molecular flexibility index (Phi) is 12.8. The number of anilines is 1. The second-order valence-electron chi connectivity index (χ2n) is 2.54. The average molecular weight is 195 g/mol. The summed E-state index contributed by atoms with van der Waals surface area (Å²) in [5.41, 5.74) is 7.34. The van der Waals surface area contributed by atoms with Crippen molar-refractivity contribution in [2.24, 2.45) is 0 Å². The van der Waals surface area contributed by atoms with E-state index in [-0.39, 0.29) is 1.43 Å². The topological polar surface area (TPSA) is 26.0 Å². The second-order valence-corrected chi connectivity index (χ2v) is 2.54. The number of benzene rings is 1. The van der Waals surface area contributed by atoms with Crippen LogP contribution in [0.1, 0.15) is 41.1 Å². The standard InChI is InChI=1S/C8H9N.C3H8.C2H6.H2/c1-2-7-5-3-4-6-8(7)9;1-3-2;1-2;/h2-6H,1,9H2;3H2,1-2H3;1-2H3;1H. The van der Waals surface area contributed by atoms with E-state index < -0.39 is 0 Å². The SMILES string of the molecule is C=Cc1ccccc1N.CC.CCC.[HH]. The van der Waals surface area contributed by atoms with Crippen LogP contribution in [0.3, 0.4) is 0 Å². The van der Waals surface area contributed by atoms with E-state index in [4.69, 9.17) is 5.73 Å². The summed E-state index contributed by atoms with van der Waals surface area (Å²) >= 11 is 0. The van der Waals surface area contributed by atoms with E-state index in [9.17, 15) is 0 Å². The minimum atomic E-state index is 0. The molecule has 2 N–H and O–H groups in total. The van der Waals surface area contributed by atoms with Crippen molar-refractivity contribution >= 4 is 11.8 Å². The Morgan fingerprint density at radius 1 is 1.29 bits per heavy atom. The van der Waals surface area contributed by atoms with Crippen molar-refractivity contribution in [3.63, 3.8) is 0 Å². The Bertz CT molecular complexity index is 234. The maximum Gasteiger partial charge on any atom is 0.0387 e. The Labute approximate surface area is 90.1 Å². The second kappa shape index (κ2) is 11.8. The lowest BCUT2D eigenvalue weighted by Gasteiger charge is -1.95. The first kappa shape index (κ1) is 15.2. The Morgan fingerprint density at radius 2 is 1.71 bits per heavy atom. The van der Waals surface area contributed by atoms with Crippen LogP contribution >= 0.6 is 0 Å². The number of para-hydroxylation sites is 1. The van der Waals surface area contributed by atoms with Crippen molar-refractivity contribution in [2.45, 2.75) is 34.1 Å². The van der Waals surface area contributed by atoms with E-state index in [0.717, 1.165) is 11.3 Å². The molecule has 82 valence electrons. The third-order valence-corrected chi connectivity index (χ3v) is 1.22. The molecule has 1 rings (SSSR count). The number of nitrogen functional groups attached to an aromatic ring is 1. The summed E-state index contributed by atoms with van der Waals surface area (Å²) in [6, 6.07) is 7.63. The maximum absolute atomic E-state index is 5.56. The highest BCUT2D eigenvalue weighted by Gasteiger charge is 1.87. The predicted octanol–water partition coefficient (Wildman–Crippen LogP) is 4.60. The van der Waals surface area contributed by atoms with Gasteiger partial charge in [0.15, 0.2) is 0 Å². The van der Waals surface area contributed by atoms with Gasteiger partial charge in [-0.1, -0.05) is 65.0 Å². The molecule has 0 spiro atoms. The molecule has 0 aliphatic rings. The van der Waals surface area contributed by atoms with Crippen LogP contribution in [0.5, 0.6) is 0 Å². The zero-order valence-corrected chi connectivity index (χ0v) is 9.88. The average Bonchev–Trinajstić information content (AvgIpc) is 2.23. The lowest BCUT2D eigenvalue weighted by molar-refractivity contribution is 1.09. The van der Waals surface area contributed by atoms with Crippen LogP contribution in [-0.4, -0.2) is 0 Å². The first-order chi connectivity index (χ1) is 6.76. The van der Waals surface area contributed by atoms with Gasteiger partial charge < -0.3 is 5.73 Å². The van der Waals surface area contributed by atoms with Gasteiger partial charge in [-0.15, -0.1) is 0 Å². The fourth-order valence-electron chi connectivity index (χ4n) is 0.697. The van der Waals surface area contributed by atoms with E-state index in [1.165, 1.54) is 6.42 Å². The highest BCUT2D eigenvalue weighted by atomic mass is 14.5. The molecule has 0 unspecified atom stereocenters. The van der Waals surface area contributed by atoms with Crippen molar-refractivity contribution in [1.29, 1.82) is 0 Å². The zero-order chi connectivity index (χ0) is 11.4. The molecule has 0 atom stereocenters. The van der Waals surface area contributed by atoms with Gasteiger partial charge in [0.25, 0.3) is 0 Å². The largest absolute Gasteiger partial charge is 0.398 e. The summed E-state index contributed by atoms with van der Waals surface area (Å²) in [6.07, 6.45) is 3.00. The van der Waals surface area contributed by atoms with Gasteiger partial charge in [0, 0.05) is 7.11 Å². The van der Waals surface area contributed by atoms with Crippen LogP contribution in [0.15, 0.2) is 30.8 Å². The normalized spacial score (nSPS) is 7.43. The first-order valence-corrected chi connectivity index (χ1v) is 5.23. The number of hydrogen-bond acceptors (Lipinski definition) is 1. The molecule has 0 saturated carbocycles. The number of hydrogen-bond donors (Lipinski definition) is 1. The van der Waals surface area contributed by atoms with Crippen molar-refractivity contribution < 1.29 is 1.43 Å². The quantitative estimate of drug-likeness (QED) is 0.651. The molecule has 0 saturated heterocycles. The van der Waals surface area contributed by atoms with E-state index in [0.29, 0.717) is 0 Å². The molecule has 0 aromatic heterocycles. The molecular weight excluding hydrogens is 170 g/mol. The van der Waals surface area contributed by atoms with Crippen molar-refractivity contribution in [3.8, 4) is 0 Å². The third-order valence-electron chi connectivity index (χ3n) is 1.22. The fourth-order valence-corrected chi connectivity index (χ4v) is 0.697. The molecule has 0 amide bonds. The molecule has 0 fully saturated rings. The maximum atomic E-state index is 5.56. The van der Waals surface area contributed by atoms with Crippen molar-refractivity contribution in [3.05, 3.63) is 36.4 Å². The van der Waals surface area contributed by atoms with Crippen LogP contribution < -0.4 is 5.73 Å². The lowest BCUT2D eigenvalue weighted by atomic mass is 10.2. The molecule has 0 radical (unpaired) electrons. The Hall–Kier alpha value is -1.24. The van der Waals surface area contributed by atoms with Crippen LogP contribution in [0.2, 0.25) is 0 Å². The molecule has 14 heavy (non-hydrogen) atoms. The summed E-state index contributed by atoms with van der Waals surface area (Å²) in [5.74, 6) is 0.